The van der Waals surface area contributed by atoms with E-state index in [0.29, 0.717) is 17.0 Å². The van der Waals surface area contributed by atoms with Gasteiger partial charge in [0, 0.05) is 23.1 Å². The number of benzene rings is 2. The first kappa shape index (κ1) is 22.4. The SMILES string of the molecule is COc1ccc(-c2nnc(SCc3nc4sc(C)c(-c5ccc(C)cc5)c4c(=O)[nH]3)n2C)cc1. The molecule has 0 aliphatic rings. The number of aromatic amines is 1. The van der Waals surface area contributed by atoms with E-state index >= 15 is 0 Å². The van der Waals surface area contributed by atoms with Crippen molar-refractivity contribution >= 4 is 33.3 Å². The predicted molar refractivity (Wildman–Crippen MR) is 138 cm³/mol. The quantitative estimate of drug-likeness (QED) is 0.323. The first-order valence-electron chi connectivity index (χ1n) is 10.7. The van der Waals surface area contributed by atoms with Crippen molar-refractivity contribution in [1.82, 2.24) is 24.7 Å². The second-order valence-electron chi connectivity index (χ2n) is 7.97. The number of rotatable bonds is 6. The van der Waals surface area contributed by atoms with Crippen LogP contribution in [0.4, 0.5) is 0 Å². The monoisotopic (exact) mass is 489 g/mol. The summed E-state index contributed by atoms with van der Waals surface area (Å²) in [6.07, 6.45) is 0. The lowest BCUT2D eigenvalue weighted by Gasteiger charge is -2.05. The van der Waals surface area contributed by atoms with Gasteiger partial charge < -0.3 is 14.3 Å². The first-order chi connectivity index (χ1) is 16.4. The molecule has 0 spiro atoms. The van der Waals surface area contributed by atoms with E-state index in [4.69, 9.17) is 9.72 Å². The van der Waals surface area contributed by atoms with Gasteiger partial charge >= 0.3 is 0 Å². The number of aromatic nitrogens is 5. The topological polar surface area (TPSA) is 85.7 Å². The number of methoxy groups -OCH3 is 1. The lowest BCUT2D eigenvalue weighted by atomic mass is 10.0. The van der Waals surface area contributed by atoms with Gasteiger partial charge in [-0.2, -0.15) is 0 Å². The van der Waals surface area contributed by atoms with E-state index in [-0.39, 0.29) is 5.56 Å². The molecule has 0 radical (unpaired) electrons. The number of ether oxygens (including phenoxy) is 1. The van der Waals surface area contributed by atoms with Gasteiger partial charge in [-0.3, -0.25) is 4.79 Å². The van der Waals surface area contributed by atoms with Crippen LogP contribution in [0.25, 0.3) is 32.7 Å². The van der Waals surface area contributed by atoms with Crippen LogP contribution >= 0.6 is 23.1 Å². The maximum Gasteiger partial charge on any atom is 0.260 e. The van der Waals surface area contributed by atoms with Crippen LogP contribution < -0.4 is 10.3 Å². The van der Waals surface area contributed by atoms with E-state index in [1.165, 1.54) is 17.3 Å². The lowest BCUT2D eigenvalue weighted by Crippen LogP contribution is -2.11. The molecule has 7 nitrogen and oxygen atoms in total. The molecule has 0 fully saturated rings. The normalized spacial score (nSPS) is 11.3. The number of thioether (sulfide) groups is 1. The van der Waals surface area contributed by atoms with Gasteiger partial charge in [-0.1, -0.05) is 41.6 Å². The van der Waals surface area contributed by atoms with Gasteiger partial charge in [0.15, 0.2) is 11.0 Å². The predicted octanol–water partition coefficient (Wildman–Crippen LogP) is 5.36. The Morgan fingerprint density at radius 1 is 1.03 bits per heavy atom. The molecule has 0 bridgehead atoms. The summed E-state index contributed by atoms with van der Waals surface area (Å²) in [5.41, 5.74) is 4.02. The minimum absolute atomic E-state index is 0.114. The fraction of sp³-hybridized carbons (Fsp3) is 0.200. The van der Waals surface area contributed by atoms with Crippen molar-refractivity contribution < 1.29 is 4.74 Å². The van der Waals surface area contributed by atoms with E-state index in [1.807, 2.05) is 42.8 Å². The smallest absolute Gasteiger partial charge is 0.260 e. The van der Waals surface area contributed by atoms with Crippen LogP contribution in [-0.4, -0.2) is 31.8 Å². The Labute approximate surface area is 204 Å². The summed E-state index contributed by atoms with van der Waals surface area (Å²) < 4.78 is 7.16. The fourth-order valence-corrected chi connectivity index (χ4v) is 5.71. The highest BCUT2D eigenvalue weighted by atomic mass is 32.2. The molecule has 2 aromatic carbocycles. The molecule has 172 valence electrons. The molecule has 0 unspecified atom stereocenters. The molecule has 0 saturated carbocycles. The Hall–Kier alpha value is -3.43. The Bertz CT molecular complexity index is 1530. The van der Waals surface area contributed by atoms with Crippen molar-refractivity contribution in [2.45, 2.75) is 24.8 Å². The molecule has 5 rings (SSSR count). The van der Waals surface area contributed by atoms with Crippen LogP contribution in [0.2, 0.25) is 0 Å². The molecular formula is C25H23N5O2S2. The molecule has 1 N–H and O–H groups in total. The molecule has 0 aliphatic carbocycles. The third kappa shape index (κ3) is 4.12. The number of nitrogens with one attached hydrogen (secondary N) is 1. The molecule has 0 atom stereocenters. The minimum atomic E-state index is -0.114. The maximum atomic E-state index is 13.1. The maximum absolute atomic E-state index is 13.1. The fourth-order valence-electron chi connectivity index (χ4n) is 3.86. The van der Waals surface area contributed by atoms with Gasteiger partial charge in [0.25, 0.3) is 5.56 Å². The van der Waals surface area contributed by atoms with E-state index in [1.54, 1.807) is 18.4 Å². The Morgan fingerprint density at radius 2 is 1.74 bits per heavy atom. The average Bonchev–Trinajstić information content (AvgIpc) is 3.37. The number of hydrogen-bond donors (Lipinski definition) is 1. The summed E-state index contributed by atoms with van der Waals surface area (Å²) in [5.74, 6) is 2.66. The van der Waals surface area contributed by atoms with E-state index < -0.39 is 0 Å². The highest BCUT2D eigenvalue weighted by molar-refractivity contribution is 7.98. The summed E-state index contributed by atoms with van der Waals surface area (Å²) in [6, 6.07) is 15.9. The van der Waals surface area contributed by atoms with Crippen LogP contribution in [0.15, 0.2) is 58.5 Å². The summed E-state index contributed by atoms with van der Waals surface area (Å²) in [6.45, 7) is 4.09. The molecule has 0 amide bonds. The molecule has 5 aromatic rings. The molecule has 0 aliphatic heterocycles. The number of fused-ring (bicyclic) bond motifs is 1. The van der Waals surface area contributed by atoms with Gasteiger partial charge in [-0.15, -0.1) is 21.5 Å². The van der Waals surface area contributed by atoms with Gasteiger partial charge in [0.2, 0.25) is 0 Å². The second kappa shape index (κ2) is 9.08. The van der Waals surface area contributed by atoms with Crippen LogP contribution in [-0.2, 0) is 12.8 Å². The third-order valence-corrected chi connectivity index (χ3v) is 7.68. The molecule has 9 heteroatoms. The second-order valence-corrected chi connectivity index (χ2v) is 10.1. The Morgan fingerprint density at radius 3 is 2.44 bits per heavy atom. The van der Waals surface area contributed by atoms with Gasteiger partial charge in [0.05, 0.1) is 18.2 Å². The highest BCUT2D eigenvalue weighted by Crippen LogP contribution is 2.36. The van der Waals surface area contributed by atoms with Crippen LogP contribution in [0.1, 0.15) is 16.3 Å². The van der Waals surface area contributed by atoms with Gasteiger partial charge in [-0.25, -0.2) is 4.98 Å². The van der Waals surface area contributed by atoms with Crippen molar-refractivity contribution in [3.05, 3.63) is 75.1 Å². The van der Waals surface area contributed by atoms with Crippen molar-refractivity contribution in [1.29, 1.82) is 0 Å². The molecular weight excluding hydrogens is 466 g/mol. The van der Waals surface area contributed by atoms with Crippen molar-refractivity contribution in [2.24, 2.45) is 7.05 Å². The zero-order chi connectivity index (χ0) is 23.8. The summed E-state index contributed by atoms with van der Waals surface area (Å²) in [7, 11) is 3.57. The van der Waals surface area contributed by atoms with E-state index in [9.17, 15) is 4.79 Å². The van der Waals surface area contributed by atoms with Crippen molar-refractivity contribution in [3.63, 3.8) is 0 Å². The van der Waals surface area contributed by atoms with Crippen LogP contribution in [0, 0.1) is 13.8 Å². The van der Waals surface area contributed by atoms with E-state index in [2.05, 4.69) is 46.4 Å². The first-order valence-corrected chi connectivity index (χ1v) is 12.5. The minimum Gasteiger partial charge on any atom is -0.497 e. The number of thiophene rings is 1. The largest absolute Gasteiger partial charge is 0.497 e. The van der Waals surface area contributed by atoms with Crippen molar-refractivity contribution in [3.8, 4) is 28.3 Å². The Balaban J connectivity index is 1.40. The number of H-pyrrole nitrogens is 1. The van der Waals surface area contributed by atoms with Crippen LogP contribution in [0.5, 0.6) is 5.75 Å². The molecule has 3 aromatic heterocycles. The number of hydrogen-bond acceptors (Lipinski definition) is 7. The molecule has 34 heavy (non-hydrogen) atoms. The third-order valence-electron chi connectivity index (χ3n) is 5.65. The van der Waals surface area contributed by atoms with E-state index in [0.717, 1.165) is 43.1 Å². The molecule has 3 heterocycles. The average molecular weight is 490 g/mol. The number of aryl methyl sites for hydroxylation is 2. The summed E-state index contributed by atoms with van der Waals surface area (Å²) >= 11 is 3.04. The Kier molecular flexibility index (Phi) is 5.97. The lowest BCUT2D eigenvalue weighted by molar-refractivity contribution is 0.415. The highest BCUT2D eigenvalue weighted by Gasteiger charge is 2.18. The summed E-state index contributed by atoms with van der Waals surface area (Å²) in [5, 5.41) is 10.1. The van der Waals surface area contributed by atoms with Crippen LogP contribution in [0.3, 0.4) is 0 Å². The van der Waals surface area contributed by atoms with Crippen molar-refractivity contribution in [2.75, 3.05) is 7.11 Å². The zero-order valence-corrected chi connectivity index (χ0v) is 20.9. The number of nitrogens with zero attached hydrogens (tertiary/aromatic N) is 4. The molecule has 0 saturated heterocycles. The summed E-state index contributed by atoms with van der Waals surface area (Å²) in [4.78, 5) is 22.6. The zero-order valence-electron chi connectivity index (χ0n) is 19.2. The van der Waals surface area contributed by atoms with Gasteiger partial charge in [0.1, 0.15) is 16.4 Å². The standard InChI is InChI=1S/C25H23N5O2S2/c1-14-5-7-16(8-6-14)20-15(2)34-24-21(20)23(31)26-19(27-24)13-33-25-29-28-22(30(25)3)17-9-11-18(32-4)12-10-17/h5-12H,13H2,1-4H3,(H,26,27,31). The van der Waals surface area contributed by atoms with Gasteiger partial charge in [-0.05, 0) is 43.7 Å².